The SMILES string of the molecule is CCCC(C)(C)n1c(=S)[nH]c2ccc(OC)nc21. The predicted octanol–water partition coefficient (Wildman–Crippen LogP) is 3.64. The summed E-state index contributed by atoms with van der Waals surface area (Å²) < 4.78 is 7.99. The summed E-state index contributed by atoms with van der Waals surface area (Å²) in [6.07, 6.45) is 2.15. The molecule has 0 unspecified atom stereocenters. The van der Waals surface area contributed by atoms with Crippen LogP contribution >= 0.6 is 12.2 Å². The van der Waals surface area contributed by atoms with Crippen LogP contribution in [0.4, 0.5) is 0 Å². The van der Waals surface area contributed by atoms with Crippen molar-refractivity contribution in [2.24, 2.45) is 0 Å². The number of methoxy groups -OCH3 is 1. The maximum absolute atomic E-state index is 5.42. The lowest BCUT2D eigenvalue weighted by Gasteiger charge is -2.26. The molecule has 98 valence electrons. The number of nitrogens with one attached hydrogen (secondary N) is 1. The molecule has 0 radical (unpaired) electrons. The zero-order valence-electron chi connectivity index (χ0n) is 11.3. The lowest BCUT2D eigenvalue weighted by molar-refractivity contribution is 0.327. The summed E-state index contributed by atoms with van der Waals surface area (Å²) in [5.41, 5.74) is 1.76. The number of aromatic nitrogens is 3. The van der Waals surface area contributed by atoms with E-state index in [2.05, 4.69) is 35.3 Å². The average Bonchev–Trinajstić information content (AvgIpc) is 2.64. The summed E-state index contributed by atoms with van der Waals surface area (Å²) in [7, 11) is 1.62. The Hall–Kier alpha value is -1.36. The quantitative estimate of drug-likeness (QED) is 0.858. The highest BCUT2D eigenvalue weighted by atomic mass is 32.1. The number of hydrogen-bond donors (Lipinski definition) is 1. The van der Waals surface area contributed by atoms with Crippen LogP contribution in [0.25, 0.3) is 11.2 Å². The molecule has 0 atom stereocenters. The van der Waals surface area contributed by atoms with Gasteiger partial charge in [-0.2, -0.15) is 4.98 Å². The molecule has 0 fully saturated rings. The molecule has 0 bridgehead atoms. The van der Waals surface area contributed by atoms with Crippen molar-refractivity contribution in [3.05, 3.63) is 16.9 Å². The summed E-state index contributed by atoms with van der Waals surface area (Å²) in [5.74, 6) is 0.609. The summed E-state index contributed by atoms with van der Waals surface area (Å²) >= 11 is 5.42. The molecule has 4 nitrogen and oxygen atoms in total. The van der Waals surface area contributed by atoms with Gasteiger partial charge in [0.1, 0.15) is 0 Å². The second kappa shape index (κ2) is 4.72. The predicted molar refractivity (Wildman–Crippen MR) is 75.7 cm³/mol. The second-order valence-electron chi connectivity index (χ2n) is 5.05. The van der Waals surface area contributed by atoms with Gasteiger partial charge in [-0.25, -0.2) is 0 Å². The zero-order valence-corrected chi connectivity index (χ0v) is 12.1. The number of H-pyrrole nitrogens is 1. The van der Waals surface area contributed by atoms with Gasteiger partial charge in [0.15, 0.2) is 10.4 Å². The molecular formula is C13H19N3OS. The van der Waals surface area contributed by atoms with Crippen LogP contribution in [0.1, 0.15) is 33.6 Å². The number of aromatic amines is 1. The molecular weight excluding hydrogens is 246 g/mol. The maximum atomic E-state index is 5.42. The minimum absolute atomic E-state index is 0.0521. The lowest BCUT2D eigenvalue weighted by Crippen LogP contribution is -2.26. The van der Waals surface area contributed by atoms with Crippen LogP contribution in [-0.2, 0) is 5.54 Å². The van der Waals surface area contributed by atoms with Gasteiger partial charge in [-0.15, -0.1) is 0 Å². The van der Waals surface area contributed by atoms with Crippen molar-refractivity contribution >= 4 is 23.4 Å². The van der Waals surface area contributed by atoms with Gasteiger partial charge in [0.25, 0.3) is 0 Å². The average molecular weight is 265 g/mol. The van der Waals surface area contributed by atoms with Gasteiger partial charge in [0.2, 0.25) is 5.88 Å². The topological polar surface area (TPSA) is 42.8 Å². The van der Waals surface area contributed by atoms with Crippen LogP contribution in [0.2, 0.25) is 0 Å². The first-order chi connectivity index (χ1) is 8.49. The Morgan fingerprint density at radius 1 is 1.44 bits per heavy atom. The molecule has 0 saturated carbocycles. The highest BCUT2D eigenvalue weighted by Gasteiger charge is 2.23. The molecule has 0 aliphatic carbocycles. The van der Waals surface area contributed by atoms with E-state index in [0.29, 0.717) is 10.7 Å². The Balaban J connectivity index is 2.69. The van der Waals surface area contributed by atoms with Crippen molar-refractivity contribution in [2.45, 2.75) is 39.2 Å². The fourth-order valence-corrected chi connectivity index (χ4v) is 2.81. The third-order valence-corrected chi connectivity index (χ3v) is 3.47. The van der Waals surface area contributed by atoms with Crippen molar-refractivity contribution in [3.8, 4) is 5.88 Å². The van der Waals surface area contributed by atoms with Gasteiger partial charge in [-0.3, -0.25) is 4.57 Å². The van der Waals surface area contributed by atoms with Crippen LogP contribution < -0.4 is 4.74 Å². The molecule has 5 heteroatoms. The molecule has 0 aliphatic heterocycles. The van der Waals surface area contributed by atoms with E-state index in [4.69, 9.17) is 17.0 Å². The highest BCUT2D eigenvalue weighted by molar-refractivity contribution is 7.71. The van der Waals surface area contributed by atoms with E-state index in [1.165, 1.54) is 0 Å². The van der Waals surface area contributed by atoms with E-state index in [0.717, 1.165) is 24.0 Å². The number of nitrogens with zero attached hydrogens (tertiary/aromatic N) is 2. The van der Waals surface area contributed by atoms with E-state index in [1.54, 1.807) is 7.11 Å². The molecule has 2 rings (SSSR count). The smallest absolute Gasteiger partial charge is 0.215 e. The molecule has 2 aromatic rings. The van der Waals surface area contributed by atoms with Crippen molar-refractivity contribution < 1.29 is 4.74 Å². The molecule has 0 saturated heterocycles. The molecule has 1 N–H and O–H groups in total. The van der Waals surface area contributed by atoms with E-state index >= 15 is 0 Å². The molecule has 0 aliphatic rings. The van der Waals surface area contributed by atoms with Gasteiger partial charge < -0.3 is 9.72 Å². The number of hydrogen-bond acceptors (Lipinski definition) is 3. The first kappa shape index (κ1) is 13.1. The van der Waals surface area contributed by atoms with Crippen molar-refractivity contribution in [3.63, 3.8) is 0 Å². The number of pyridine rings is 1. The van der Waals surface area contributed by atoms with Crippen molar-refractivity contribution in [2.75, 3.05) is 7.11 Å². The highest BCUT2D eigenvalue weighted by Crippen LogP contribution is 2.27. The van der Waals surface area contributed by atoms with Gasteiger partial charge in [0, 0.05) is 11.6 Å². The fraction of sp³-hybridized carbons (Fsp3) is 0.538. The van der Waals surface area contributed by atoms with E-state index in [-0.39, 0.29) is 5.54 Å². The Bertz CT molecular complexity index is 612. The Kier molecular flexibility index (Phi) is 3.43. The van der Waals surface area contributed by atoms with E-state index < -0.39 is 0 Å². The Labute approximate surface area is 112 Å². The van der Waals surface area contributed by atoms with E-state index in [1.807, 2.05) is 12.1 Å². The Morgan fingerprint density at radius 2 is 2.17 bits per heavy atom. The minimum Gasteiger partial charge on any atom is -0.481 e. The third-order valence-electron chi connectivity index (χ3n) is 3.18. The van der Waals surface area contributed by atoms with Gasteiger partial charge in [-0.1, -0.05) is 13.3 Å². The van der Waals surface area contributed by atoms with Gasteiger partial charge in [0.05, 0.1) is 12.6 Å². The molecule has 0 amide bonds. The summed E-state index contributed by atoms with van der Waals surface area (Å²) in [5, 5.41) is 0. The van der Waals surface area contributed by atoms with Crippen LogP contribution in [0, 0.1) is 4.77 Å². The van der Waals surface area contributed by atoms with Crippen LogP contribution in [0.5, 0.6) is 5.88 Å². The summed E-state index contributed by atoms with van der Waals surface area (Å²) in [4.78, 5) is 7.71. The number of fused-ring (bicyclic) bond motifs is 1. The number of ether oxygens (including phenoxy) is 1. The van der Waals surface area contributed by atoms with Gasteiger partial charge >= 0.3 is 0 Å². The Morgan fingerprint density at radius 3 is 2.78 bits per heavy atom. The molecule has 0 spiro atoms. The van der Waals surface area contributed by atoms with Gasteiger partial charge in [-0.05, 0) is 38.6 Å². The standard InChI is InChI=1S/C13H19N3OS/c1-5-8-13(2,3)16-11-9(14-12(16)18)6-7-10(15-11)17-4/h6-7H,5,8H2,1-4H3,(H,14,18). The van der Waals surface area contributed by atoms with Crippen LogP contribution in [0.15, 0.2) is 12.1 Å². The third kappa shape index (κ3) is 2.14. The number of imidazole rings is 1. The van der Waals surface area contributed by atoms with Crippen LogP contribution in [-0.4, -0.2) is 21.6 Å². The minimum atomic E-state index is -0.0521. The van der Waals surface area contributed by atoms with Crippen molar-refractivity contribution in [1.82, 2.24) is 14.5 Å². The summed E-state index contributed by atoms with van der Waals surface area (Å²) in [6.45, 7) is 6.54. The number of rotatable bonds is 4. The molecule has 2 aromatic heterocycles. The van der Waals surface area contributed by atoms with Crippen LogP contribution in [0.3, 0.4) is 0 Å². The monoisotopic (exact) mass is 265 g/mol. The molecule has 18 heavy (non-hydrogen) atoms. The first-order valence-corrected chi connectivity index (χ1v) is 6.56. The maximum Gasteiger partial charge on any atom is 0.215 e. The molecule has 2 heterocycles. The van der Waals surface area contributed by atoms with Crippen molar-refractivity contribution in [1.29, 1.82) is 0 Å². The largest absolute Gasteiger partial charge is 0.481 e. The molecule has 0 aromatic carbocycles. The normalized spacial score (nSPS) is 12.0. The first-order valence-electron chi connectivity index (χ1n) is 6.16. The zero-order chi connectivity index (χ0) is 13.3. The van der Waals surface area contributed by atoms with E-state index in [9.17, 15) is 0 Å². The lowest BCUT2D eigenvalue weighted by atomic mass is 9.99. The fourth-order valence-electron chi connectivity index (χ4n) is 2.37. The summed E-state index contributed by atoms with van der Waals surface area (Å²) in [6, 6.07) is 3.79. The second-order valence-corrected chi connectivity index (χ2v) is 5.44.